The predicted octanol–water partition coefficient (Wildman–Crippen LogP) is 2.39. The summed E-state index contributed by atoms with van der Waals surface area (Å²) in [6.45, 7) is 3.23. The lowest BCUT2D eigenvalue weighted by Gasteiger charge is -2.28. The zero-order chi connectivity index (χ0) is 10.7. The van der Waals surface area contributed by atoms with Crippen LogP contribution in [-0.4, -0.2) is 17.3 Å². The highest BCUT2D eigenvalue weighted by Gasteiger charge is 2.32. The molecule has 0 saturated heterocycles. The van der Waals surface area contributed by atoms with E-state index in [9.17, 15) is 5.11 Å². The zero-order valence-corrected chi connectivity index (χ0v) is 10.0. The quantitative estimate of drug-likeness (QED) is 0.779. The van der Waals surface area contributed by atoms with Gasteiger partial charge < -0.3 is 10.4 Å². The van der Waals surface area contributed by atoms with Crippen molar-refractivity contribution in [2.75, 3.05) is 6.61 Å². The van der Waals surface area contributed by atoms with Crippen molar-refractivity contribution in [2.24, 2.45) is 5.92 Å². The molecule has 0 radical (unpaired) electrons. The Hall–Kier alpha value is -0.380. The first-order valence-corrected chi connectivity index (χ1v) is 6.48. The molecule has 2 N–H and O–H groups in total. The molecule has 15 heavy (non-hydrogen) atoms. The molecule has 0 amide bonds. The van der Waals surface area contributed by atoms with Crippen LogP contribution in [0.1, 0.15) is 31.1 Å². The van der Waals surface area contributed by atoms with E-state index in [0.717, 1.165) is 18.9 Å². The van der Waals surface area contributed by atoms with Gasteiger partial charge in [-0.15, -0.1) is 11.3 Å². The minimum Gasteiger partial charge on any atom is -0.394 e. The summed E-state index contributed by atoms with van der Waals surface area (Å²) in [6.07, 6.45) is 3.79. The molecule has 1 fully saturated rings. The van der Waals surface area contributed by atoms with Gasteiger partial charge in [0, 0.05) is 17.0 Å². The van der Waals surface area contributed by atoms with E-state index in [0.29, 0.717) is 0 Å². The van der Waals surface area contributed by atoms with Gasteiger partial charge in [0.15, 0.2) is 0 Å². The van der Waals surface area contributed by atoms with Crippen LogP contribution in [0, 0.1) is 5.92 Å². The van der Waals surface area contributed by atoms with Crippen molar-refractivity contribution >= 4 is 11.3 Å². The largest absolute Gasteiger partial charge is 0.394 e. The van der Waals surface area contributed by atoms with Crippen molar-refractivity contribution in [3.05, 3.63) is 22.4 Å². The molecule has 1 saturated carbocycles. The zero-order valence-electron chi connectivity index (χ0n) is 9.20. The number of hydrogen-bond acceptors (Lipinski definition) is 3. The van der Waals surface area contributed by atoms with E-state index in [-0.39, 0.29) is 12.1 Å². The van der Waals surface area contributed by atoms with E-state index < -0.39 is 0 Å². The topological polar surface area (TPSA) is 32.3 Å². The number of hydrogen-bond donors (Lipinski definition) is 2. The molecule has 1 aliphatic rings. The predicted molar refractivity (Wildman–Crippen MR) is 64.0 cm³/mol. The molecule has 84 valence electrons. The van der Waals surface area contributed by atoms with Crippen molar-refractivity contribution in [1.82, 2.24) is 5.32 Å². The Morgan fingerprint density at radius 1 is 1.60 bits per heavy atom. The number of thiophene rings is 1. The lowest BCUT2D eigenvalue weighted by atomic mass is 9.96. The summed E-state index contributed by atoms with van der Waals surface area (Å²) in [6, 6.07) is 4.20. The second kappa shape index (κ2) is 4.64. The van der Waals surface area contributed by atoms with Gasteiger partial charge in [-0.3, -0.25) is 0 Å². The van der Waals surface area contributed by atoms with Crippen LogP contribution < -0.4 is 5.32 Å². The molecular weight excluding hydrogens is 206 g/mol. The molecule has 2 nitrogen and oxygen atoms in total. The van der Waals surface area contributed by atoms with E-state index in [1.165, 1.54) is 17.7 Å². The van der Waals surface area contributed by atoms with E-state index in [1.807, 2.05) is 0 Å². The molecule has 0 aromatic carbocycles. The number of aliphatic hydroxyl groups excluding tert-OH is 1. The van der Waals surface area contributed by atoms with Crippen LogP contribution >= 0.6 is 11.3 Å². The second-order valence-electron chi connectivity index (χ2n) is 4.80. The first kappa shape index (κ1) is 11.1. The van der Waals surface area contributed by atoms with Crippen LogP contribution in [0.5, 0.6) is 0 Å². The number of nitrogens with one attached hydrogen (secondary N) is 1. The third-order valence-corrected chi connectivity index (χ3v) is 3.93. The number of aliphatic hydroxyl groups is 1. The highest BCUT2D eigenvalue weighted by molar-refractivity contribution is 7.09. The van der Waals surface area contributed by atoms with Gasteiger partial charge in [-0.25, -0.2) is 0 Å². The number of rotatable bonds is 6. The van der Waals surface area contributed by atoms with Crippen LogP contribution in [0.4, 0.5) is 0 Å². The lowest BCUT2D eigenvalue weighted by molar-refractivity contribution is 0.159. The molecule has 0 bridgehead atoms. The third-order valence-electron chi connectivity index (χ3n) is 3.05. The van der Waals surface area contributed by atoms with Crippen molar-refractivity contribution in [2.45, 2.75) is 38.3 Å². The highest BCUT2D eigenvalue weighted by atomic mass is 32.1. The Labute approximate surface area is 95.3 Å². The molecule has 2 rings (SSSR count). The van der Waals surface area contributed by atoms with Crippen LogP contribution in [0.15, 0.2) is 17.5 Å². The van der Waals surface area contributed by atoms with Crippen molar-refractivity contribution < 1.29 is 5.11 Å². The summed E-state index contributed by atoms with van der Waals surface area (Å²) in [7, 11) is 0. The first-order chi connectivity index (χ1) is 7.22. The summed E-state index contributed by atoms with van der Waals surface area (Å²) in [5.74, 6) is 0.845. The molecule has 0 spiro atoms. The van der Waals surface area contributed by atoms with Crippen LogP contribution in [0.25, 0.3) is 0 Å². The normalized spacial score (nSPS) is 20.1. The van der Waals surface area contributed by atoms with Crippen molar-refractivity contribution in [3.63, 3.8) is 0 Å². The van der Waals surface area contributed by atoms with Crippen molar-refractivity contribution in [3.8, 4) is 0 Å². The fourth-order valence-electron chi connectivity index (χ4n) is 1.87. The van der Waals surface area contributed by atoms with Gasteiger partial charge in [0.1, 0.15) is 0 Å². The highest BCUT2D eigenvalue weighted by Crippen LogP contribution is 2.36. The average molecular weight is 225 g/mol. The third kappa shape index (κ3) is 3.30. The fourth-order valence-corrected chi connectivity index (χ4v) is 2.51. The Balaban J connectivity index is 1.83. The SMILES string of the molecule is CC(CO)(CC1CC1)NCc1cccs1. The van der Waals surface area contributed by atoms with Gasteiger partial charge >= 0.3 is 0 Å². The van der Waals surface area contributed by atoms with Gasteiger partial charge in [-0.2, -0.15) is 0 Å². The lowest BCUT2D eigenvalue weighted by Crippen LogP contribution is -2.45. The van der Waals surface area contributed by atoms with Gasteiger partial charge in [0.2, 0.25) is 0 Å². The van der Waals surface area contributed by atoms with Crippen LogP contribution in [0.2, 0.25) is 0 Å². The van der Waals surface area contributed by atoms with Crippen LogP contribution in [-0.2, 0) is 6.54 Å². The van der Waals surface area contributed by atoms with E-state index >= 15 is 0 Å². The molecule has 1 atom stereocenters. The van der Waals surface area contributed by atoms with E-state index in [2.05, 4.69) is 29.8 Å². The maximum atomic E-state index is 9.43. The maximum Gasteiger partial charge on any atom is 0.0610 e. The summed E-state index contributed by atoms with van der Waals surface area (Å²) < 4.78 is 0. The summed E-state index contributed by atoms with van der Waals surface area (Å²) in [4.78, 5) is 1.34. The Bertz CT molecular complexity index is 295. The standard InChI is InChI=1S/C12H19NOS/c1-12(9-14,7-10-4-5-10)13-8-11-3-2-6-15-11/h2-3,6,10,13-14H,4-5,7-9H2,1H3. The smallest absolute Gasteiger partial charge is 0.0610 e. The minimum absolute atomic E-state index is 0.0921. The van der Waals surface area contributed by atoms with Gasteiger partial charge in [-0.05, 0) is 30.7 Å². The summed E-state index contributed by atoms with van der Waals surface area (Å²) >= 11 is 1.76. The molecule has 1 unspecified atom stereocenters. The maximum absolute atomic E-state index is 9.43. The Morgan fingerprint density at radius 2 is 2.40 bits per heavy atom. The van der Waals surface area contributed by atoms with Crippen molar-refractivity contribution in [1.29, 1.82) is 0 Å². The average Bonchev–Trinajstić information content (AvgIpc) is 2.88. The summed E-state index contributed by atoms with van der Waals surface area (Å²) in [5.41, 5.74) is -0.0921. The summed E-state index contributed by atoms with van der Waals surface area (Å²) in [5, 5.41) is 15.0. The monoisotopic (exact) mass is 225 g/mol. The van der Waals surface area contributed by atoms with Gasteiger partial charge in [0.25, 0.3) is 0 Å². The minimum atomic E-state index is -0.0921. The molecule has 1 aromatic heterocycles. The molecule has 0 aliphatic heterocycles. The molecule has 1 heterocycles. The Kier molecular flexibility index (Phi) is 3.44. The first-order valence-electron chi connectivity index (χ1n) is 5.60. The fraction of sp³-hybridized carbons (Fsp3) is 0.667. The van der Waals surface area contributed by atoms with Gasteiger partial charge in [0.05, 0.1) is 6.61 Å². The Morgan fingerprint density at radius 3 is 2.93 bits per heavy atom. The molecule has 3 heteroatoms. The van der Waals surface area contributed by atoms with Gasteiger partial charge in [-0.1, -0.05) is 18.9 Å². The van der Waals surface area contributed by atoms with E-state index in [1.54, 1.807) is 11.3 Å². The second-order valence-corrected chi connectivity index (χ2v) is 5.83. The molecule has 1 aliphatic carbocycles. The molecule has 1 aromatic rings. The van der Waals surface area contributed by atoms with E-state index in [4.69, 9.17) is 0 Å². The van der Waals surface area contributed by atoms with Crippen LogP contribution in [0.3, 0.4) is 0 Å². The molecular formula is C12H19NOS.